The number of hydrogen-bond acceptors (Lipinski definition) is 10. The molecule has 16 heteroatoms. The lowest BCUT2D eigenvalue weighted by Crippen LogP contribution is -2.48. The van der Waals surface area contributed by atoms with Crippen LogP contribution in [0.3, 0.4) is 0 Å². The van der Waals surface area contributed by atoms with Gasteiger partial charge in [0.15, 0.2) is 5.15 Å². The molecule has 1 saturated heterocycles. The lowest BCUT2D eigenvalue weighted by atomic mass is 10.0. The number of carbonyl (C=O) groups is 3. The van der Waals surface area contributed by atoms with Gasteiger partial charge in [-0.1, -0.05) is 35.3 Å². The fourth-order valence-electron chi connectivity index (χ4n) is 4.70. The average Bonchev–Trinajstić information content (AvgIpc) is 3.06. The van der Waals surface area contributed by atoms with E-state index >= 15 is 0 Å². The van der Waals surface area contributed by atoms with E-state index in [1.54, 1.807) is 53.4 Å². The number of benzene rings is 2. The van der Waals surface area contributed by atoms with E-state index in [2.05, 4.69) is 47.4 Å². The minimum atomic E-state index is -0.850. The monoisotopic (exact) mass is 680 g/mol. The second-order valence-corrected chi connectivity index (χ2v) is 11.2. The molecule has 246 valence electrons. The summed E-state index contributed by atoms with van der Waals surface area (Å²) in [5.41, 5.74) is 3.04. The van der Waals surface area contributed by atoms with Crippen molar-refractivity contribution in [2.75, 3.05) is 50.7 Å². The smallest absolute Gasteiger partial charge is 0.411 e. The quantitative estimate of drug-likeness (QED) is 0.0891. The van der Waals surface area contributed by atoms with Crippen molar-refractivity contribution in [2.45, 2.75) is 12.5 Å². The van der Waals surface area contributed by atoms with Gasteiger partial charge in [0.2, 0.25) is 11.8 Å². The molecule has 0 spiro atoms. The number of rotatable bonds is 11. The molecule has 0 bridgehead atoms. The number of amides is 3. The minimum absolute atomic E-state index is 0.0317. The topological polar surface area (TPSA) is 171 Å². The third-order valence-corrected chi connectivity index (χ3v) is 7.78. The standard InChI is InChI=1S/C31H34Cl2N10O4/c1-35-36-19-43(34)27-10-7-22(32)16-21(27)6-11-28(44)38-26(18-29(45)42-14-12-41(2)13-15-42)24-17-25(39-40-30(24)33)20-4-8-23(9-5-20)37-31(46)47-3/h4-11,16-17,19,26H,1,12-15,18,34H2,2-3H3,(H,37,46)(H,38,44)/b11-6+,36-19-. The Kier molecular flexibility index (Phi) is 12.4. The zero-order chi connectivity index (χ0) is 33.9. The summed E-state index contributed by atoms with van der Waals surface area (Å²) in [6.07, 6.45) is 3.42. The van der Waals surface area contributed by atoms with E-state index < -0.39 is 18.0 Å². The third-order valence-electron chi connectivity index (χ3n) is 7.25. The fourth-order valence-corrected chi connectivity index (χ4v) is 5.11. The van der Waals surface area contributed by atoms with Crippen LogP contribution >= 0.6 is 23.2 Å². The van der Waals surface area contributed by atoms with Crippen LogP contribution in [0.1, 0.15) is 23.6 Å². The van der Waals surface area contributed by atoms with E-state index in [4.69, 9.17) is 29.0 Å². The van der Waals surface area contributed by atoms with Crippen molar-refractivity contribution in [3.8, 4) is 11.3 Å². The van der Waals surface area contributed by atoms with Crippen molar-refractivity contribution in [1.82, 2.24) is 25.3 Å². The van der Waals surface area contributed by atoms with Crippen molar-refractivity contribution in [1.29, 1.82) is 0 Å². The summed E-state index contributed by atoms with van der Waals surface area (Å²) in [7, 11) is 3.27. The van der Waals surface area contributed by atoms with Crippen molar-refractivity contribution in [3.05, 3.63) is 75.9 Å². The molecule has 3 amide bonds. The Balaban J connectivity index is 1.62. The number of hydrazine groups is 1. The SMILES string of the molecule is C=N/N=C\N(N)c1ccc(Cl)cc1/C=C/C(=O)NC(CC(=O)N1CCN(C)CC1)c1cc(-c2ccc(NC(=O)OC)cc2)nnc1Cl. The predicted octanol–water partition coefficient (Wildman–Crippen LogP) is 3.99. The van der Waals surface area contributed by atoms with E-state index in [9.17, 15) is 14.4 Å². The van der Waals surface area contributed by atoms with E-state index in [0.717, 1.165) is 13.1 Å². The van der Waals surface area contributed by atoms with Gasteiger partial charge in [0, 0.05) is 66.4 Å². The summed E-state index contributed by atoms with van der Waals surface area (Å²) in [5.74, 6) is 5.41. The number of nitrogens with zero attached hydrogens (tertiary/aromatic N) is 7. The highest BCUT2D eigenvalue weighted by Crippen LogP contribution is 2.29. The Morgan fingerprint density at radius 1 is 1.11 bits per heavy atom. The zero-order valence-electron chi connectivity index (χ0n) is 25.8. The molecule has 1 aliphatic heterocycles. The molecular weight excluding hydrogens is 647 g/mol. The number of anilines is 2. The molecule has 14 nitrogen and oxygen atoms in total. The van der Waals surface area contributed by atoms with Crippen LogP contribution in [0.5, 0.6) is 0 Å². The number of carbonyl (C=O) groups excluding carboxylic acids is 3. The molecule has 1 fully saturated rings. The van der Waals surface area contributed by atoms with Gasteiger partial charge in [-0.3, -0.25) is 19.9 Å². The summed E-state index contributed by atoms with van der Waals surface area (Å²) in [6, 6.07) is 12.6. The number of nitrogens with one attached hydrogen (secondary N) is 2. The Morgan fingerprint density at radius 3 is 2.51 bits per heavy atom. The van der Waals surface area contributed by atoms with Gasteiger partial charge >= 0.3 is 6.09 Å². The van der Waals surface area contributed by atoms with Gasteiger partial charge in [0.25, 0.3) is 0 Å². The summed E-state index contributed by atoms with van der Waals surface area (Å²) in [6.45, 7) is 5.89. The van der Waals surface area contributed by atoms with E-state index in [-0.39, 0.29) is 17.5 Å². The van der Waals surface area contributed by atoms with Crippen LogP contribution in [0, 0.1) is 0 Å². The van der Waals surface area contributed by atoms with E-state index in [1.165, 1.54) is 30.6 Å². The molecule has 2 aromatic carbocycles. The zero-order valence-corrected chi connectivity index (χ0v) is 27.3. The predicted molar refractivity (Wildman–Crippen MR) is 183 cm³/mol. The summed E-state index contributed by atoms with van der Waals surface area (Å²) >= 11 is 12.8. The molecule has 4 rings (SSSR count). The summed E-state index contributed by atoms with van der Waals surface area (Å²) < 4.78 is 4.63. The molecule has 3 aromatic rings. The third kappa shape index (κ3) is 9.80. The molecule has 1 aliphatic rings. The van der Waals surface area contributed by atoms with Crippen molar-refractivity contribution in [3.63, 3.8) is 0 Å². The molecule has 2 heterocycles. The van der Waals surface area contributed by atoms with E-state index in [0.29, 0.717) is 51.9 Å². The number of hydrogen-bond donors (Lipinski definition) is 3. The van der Waals surface area contributed by atoms with Gasteiger partial charge in [-0.2, -0.15) is 5.10 Å². The number of piperazine rings is 1. The maximum atomic E-state index is 13.5. The molecule has 47 heavy (non-hydrogen) atoms. The van der Waals surface area contributed by atoms with Crippen LogP contribution < -0.4 is 21.5 Å². The first-order valence-corrected chi connectivity index (χ1v) is 15.1. The molecule has 0 saturated carbocycles. The lowest BCUT2D eigenvalue weighted by Gasteiger charge is -2.33. The van der Waals surface area contributed by atoms with Crippen LogP contribution in [0.25, 0.3) is 17.3 Å². The van der Waals surface area contributed by atoms with Crippen molar-refractivity contribution in [2.24, 2.45) is 16.0 Å². The number of ether oxygens (including phenoxy) is 1. The molecular formula is C31H34Cl2N10O4. The second kappa shape index (κ2) is 16.6. The number of nitrogens with two attached hydrogens (primary N) is 1. The van der Waals surface area contributed by atoms with Gasteiger partial charge in [-0.05, 0) is 49.5 Å². The van der Waals surface area contributed by atoms with Crippen molar-refractivity contribution < 1.29 is 19.1 Å². The van der Waals surface area contributed by atoms with Gasteiger partial charge in [0.05, 0.1) is 31.0 Å². The minimum Gasteiger partial charge on any atom is -0.453 e. The average molecular weight is 682 g/mol. The molecule has 1 aromatic heterocycles. The maximum Gasteiger partial charge on any atom is 0.411 e. The Hall–Kier alpha value is -4.89. The number of methoxy groups -OCH3 is 1. The first-order valence-electron chi connectivity index (χ1n) is 14.3. The maximum absolute atomic E-state index is 13.5. The van der Waals surface area contributed by atoms with Crippen LogP contribution in [-0.2, 0) is 14.3 Å². The Labute approximate surface area is 281 Å². The van der Waals surface area contributed by atoms with Crippen LogP contribution in [-0.4, -0.2) is 91.3 Å². The number of likely N-dealkylation sites (N-methyl/N-ethyl adjacent to an activating group) is 1. The fraction of sp³-hybridized carbons (Fsp3) is 0.258. The highest BCUT2D eigenvalue weighted by atomic mass is 35.5. The molecule has 4 N–H and O–H groups in total. The summed E-state index contributed by atoms with van der Waals surface area (Å²) in [4.78, 5) is 42.3. The lowest BCUT2D eigenvalue weighted by molar-refractivity contribution is -0.133. The normalized spacial score (nSPS) is 14.2. The summed E-state index contributed by atoms with van der Waals surface area (Å²) in [5, 5.41) is 22.6. The first-order chi connectivity index (χ1) is 22.6. The first kappa shape index (κ1) is 35.0. The van der Waals surface area contributed by atoms with Crippen LogP contribution in [0.4, 0.5) is 16.2 Å². The van der Waals surface area contributed by atoms with Gasteiger partial charge < -0.3 is 19.9 Å². The second-order valence-electron chi connectivity index (χ2n) is 10.4. The van der Waals surface area contributed by atoms with Crippen LogP contribution in [0.2, 0.25) is 10.2 Å². The molecule has 0 radical (unpaired) electrons. The van der Waals surface area contributed by atoms with E-state index in [1.807, 2.05) is 7.05 Å². The Morgan fingerprint density at radius 2 is 1.83 bits per heavy atom. The van der Waals surface area contributed by atoms with Gasteiger partial charge in [0.1, 0.15) is 6.34 Å². The molecule has 1 atom stereocenters. The molecule has 0 aliphatic carbocycles. The highest BCUT2D eigenvalue weighted by Gasteiger charge is 2.26. The van der Waals surface area contributed by atoms with Gasteiger partial charge in [-0.25, -0.2) is 10.6 Å². The van der Waals surface area contributed by atoms with Gasteiger partial charge in [-0.15, -0.1) is 15.3 Å². The largest absolute Gasteiger partial charge is 0.453 e. The highest BCUT2D eigenvalue weighted by molar-refractivity contribution is 6.31. The number of halogens is 2. The molecule has 1 unspecified atom stereocenters. The van der Waals surface area contributed by atoms with Crippen LogP contribution in [0.15, 0.2) is 64.8 Å². The van der Waals surface area contributed by atoms with Crippen molar-refractivity contribution >= 4 is 71.6 Å². The number of aromatic nitrogens is 2. The Bertz CT molecular complexity index is 1660.